The SMILES string of the molecule is CNC(=O)c1ccccc1Nc1cc(Nc2ccc(CNC3CCN(c4ccc5c(c4)C(=O)N(C4CCC(=O)NC4=O)C5=O)CC3)cc2)ncc1C(F)(F)F. The summed E-state index contributed by atoms with van der Waals surface area (Å²) in [6.07, 6.45) is -2.12. The van der Waals surface area contributed by atoms with Gasteiger partial charge in [0.2, 0.25) is 11.8 Å². The maximum Gasteiger partial charge on any atom is 0.419 e. The molecule has 3 aliphatic heterocycles. The van der Waals surface area contributed by atoms with E-state index in [9.17, 15) is 37.1 Å². The number of fused-ring (bicyclic) bond motifs is 1. The van der Waals surface area contributed by atoms with Crippen molar-refractivity contribution in [3.8, 4) is 0 Å². The van der Waals surface area contributed by atoms with Crippen molar-refractivity contribution in [1.29, 1.82) is 0 Å². The Bertz CT molecular complexity index is 2170. The van der Waals surface area contributed by atoms with E-state index in [1.54, 1.807) is 24.3 Å². The minimum atomic E-state index is -4.69. The van der Waals surface area contributed by atoms with Crippen molar-refractivity contribution >= 4 is 58.1 Å². The number of carbonyl (C=O) groups is 5. The highest BCUT2D eigenvalue weighted by molar-refractivity contribution is 6.23. The number of anilines is 5. The Morgan fingerprint density at radius 1 is 0.873 bits per heavy atom. The first-order chi connectivity index (χ1) is 26.4. The van der Waals surface area contributed by atoms with E-state index in [-0.39, 0.29) is 52.8 Å². The van der Waals surface area contributed by atoms with Crippen LogP contribution in [0.4, 0.5) is 41.7 Å². The molecule has 0 saturated carbocycles. The summed E-state index contributed by atoms with van der Waals surface area (Å²) in [5.74, 6) is -2.40. The Kier molecular flexibility index (Phi) is 10.2. The number of nitrogens with one attached hydrogen (secondary N) is 5. The monoisotopic (exact) mass is 754 g/mol. The molecule has 4 aromatic rings. The second-order valence-electron chi connectivity index (χ2n) is 13.5. The molecule has 2 saturated heterocycles. The molecule has 3 aromatic carbocycles. The van der Waals surface area contributed by atoms with Gasteiger partial charge in [-0.25, -0.2) is 4.98 Å². The van der Waals surface area contributed by atoms with E-state index >= 15 is 0 Å². The Balaban J connectivity index is 0.933. The fourth-order valence-corrected chi connectivity index (χ4v) is 7.04. The summed E-state index contributed by atoms with van der Waals surface area (Å²) >= 11 is 0. The van der Waals surface area contributed by atoms with Gasteiger partial charge in [-0.2, -0.15) is 13.2 Å². The van der Waals surface area contributed by atoms with Crippen LogP contribution in [0.5, 0.6) is 0 Å². The second kappa shape index (κ2) is 15.2. The molecule has 0 bridgehead atoms. The highest BCUT2D eigenvalue weighted by atomic mass is 19.4. The first-order valence-corrected chi connectivity index (χ1v) is 17.7. The number of imide groups is 2. The quantitative estimate of drug-likeness (QED) is 0.138. The molecule has 2 fully saturated rings. The average molecular weight is 755 g/mol. The Labute approximate surface area is 313 Å². The third-order valence-electron chi connectivity index (χ3n) is 9.98. The molecular weight excluding hydrogens is 717 g/mol. The van der Waals surface area contributed by atoms with Crippen LogP contribution in [0.15, 0.2) is 79.0 Å². The lowest BCUT2D eigenvalue weighted by Crippen LogP contribution is -2.54. The van der Waals surface area contributed by atoms with Gasteiger partial charge in [0.25, 0.3) is 17.7 Å². The average Bonchev–Trinajstić information content (AvgIpc) is 3.42. The maximum absolute atomic E-state index is 13.9. The summed E-state index contributed by atoms with van der Waals surface area (Å²) in [5.41, 5.74) is 2.10. The molecule has 55 heavy (non-hydrogen) atoms. The van der Waals surface area contributed by atoms with Crippen LogP contribution in [0.2, 0.25) is 0 Å². The van der Waals surface area contributed by atoms with Crippen LogP contribution in [0.25, 0.3) is 0 Å². The van der Waals surface area contributed by atoms with Gasteiger partial charge in [0, 0.05) is 62.8 Å². The minimum absolute atomic E-state index is 0.0590. The highest BCUT2D eigenvalue weighted by Crippen LogP contribution is 2.38. The first kappa shape index (κ1) is 37.0. The third-order valence-corrected chi connectivity index (χ3v) is 9.98. The van der Waals surface area contributed by atoms with E-state index in [2.05, 4.69) is 36.5 Å². The molecule has 0 radical (unpaired) electrons. The number of benzene rings is 3. The number of hydrogen-bond donors (Lipinski definition) is 5. The molecule has 7 rings (SSSR count). The standard InChI is InChI=1S/C39H37F3N8O5/c1-43-35(52)27-4-2-3-5-30(27)47-31-19-33(45-21-29(31)39(40,41)42)46-24-8-6-22(7-9-24)20-44-23-14-16-49(17-15-23)25-10-11-26-28(18-25)38(55)50(37(26)54)32-12-13-34(51)48-36(32)53/h2-11,18-19,21,23,32,44H,12-17,20H2,1H3,(H,43,52)(H2,45,46,47)(H,48,51,53). The number of pyridine rings is 1. The van der Waals surface area contributed by atoms with Crippen molar-refractivity contribution in [2.75, 3.05) is 35.7 Å². The van der Waals surface area contributed by atoms with Gasteiger partial charge in [-0.3, -0.25) is 34.2 Å². The van der Waals surface area contributed by atoms with Crippen LogP contribution in [0, 0.1) is 0 Å². The molecule has 1 unspecified atom stereocenters. The van der Waals surface area contributed by atoms with Crippen LogP contribution < -0.4 is 31.5 Å². The smallest absolute Gasteiger partial charge is 0.371 e. The van der Waals surface area contributed by atoms with E-state index in [0.717, 1.165) is 35.2 Å². The van der Waals surface area contributed by atoms with Crippen LogP contribution >= 0.6 is 0 Å². The second-order valence-corrected chi connectivity index (χ2v) is 13.5. The number of amides is 5. The van der Waals surface area contributed by atoms with Gasteiger partial charge >= 0.3 is 6.18 Å². The topological polar surface area (TPSA) is 165 Å². The minimum Gasteiger partial charge on any atom is -0.371 e. The Morgan fingerprint density at radius 2 is 1.60 bits per heavy atom. The molecule has 1 aromatic heterocycles. The van der Waals surface area contributed by atoms with Crippen LogP contribution in [-0.2, 0) is 22.3 Å². The zero-order valence-electron chi connectivity index (χ0n) is 29.6. The lowest BCUT2D eigenvalue weighted by Gasteiger charge is -2.34. The van der Waals surface area contributed by atoms with Crippen molar-refractivity contribution in [3.63, 3.8) is 0 Å². The van der Waals surface area contributed by atoms with Gasteiger partial charge in [0.1, 0.15) is 11.9 Å². The molecule has 5 amide bonds. The molecular formula is C39H37F3N8O5. The lowest BCUT2D eigenvalue weighted by molar-refractivity contribution is -0.137. The number of halogens is 3. The summed E-state index contributed by atoms with van der Waals surface area (Å²) in [6.45, 7) is 2.02. The summed E-state index contributed by atoms with van der Waals surface area (Å²) < 4.78 is 41.7. The third kappa shape index (κ3) is 7.85. The highest BCUT2D eigenvalue weighted by Gasteiger charge is 2.45. The molecule has 13 nitrogen and oxygen atoms in total. The summed E-state index contributed by atoms with van der Waals surface area (Å²) in [7, 11) is 1.44. The van der Waals surface area contributed by atoms with E-state index in [0.29, 0.717) is 25.3 Å². The number of nitrogens with zero attached hydrogens (tertiary/aromatic N) is 3. The van der Waals surface area contributed by atoms with E-state index < -0.39 is 47.3 Å². The number of rotatable bonds is 10. The van der Waals surface area contributed by atoms with Crippen molar-refractivity contribution < 1.29 is 37.1 Å². The molecule has 5 N–H and O–H groups in total. The van der Waals surface area contributed by atoms with Gasteiger partial charge in [0.15, 0.2) is 0 Å². The Morgan fingerprint density at radius 3 is 2.31 bits per heavy atom. The number of piperidine rings is 2. The van der Waals surface area contributed by atoms with E-state index in [4.69, 9.17) is 0 Å². The van der Waals surface area contributed by atoms with Gasteiger partial charge < -0.3 is 26.2 Å². The van der Waals surface area contributed by atoms with Crippen molar-refractivity contribution in [3.05, 3.63) is 107 Å². The molecule has 0 aliphatic carbocycles. The zero-order chi connectivity index (χ0) is 38.9. The lowest BCUT2D eigenvalue weighted by atomic mass is 10.0. The maximum atomic E-state index is 13.9. The van der Waals surface area contributed by atoms with Gasteiger partial charge in [-0.05, 0) is 67.3 Å². The van der Waals surface area contributed by atoms with Crippen LogP contribution in [0.3, 0.4) is 0 Å². The number of aromatic nitrogens is 1. The number of carbonyl (C=O) groups excluding carboxylic acids is 5. The van der Waals surface area contributed by atoms with Crippen molar-refractivity contribution in [2.24, 2.45) is 0 Å². The zero-order valence-corrected chi connectivity index (χ0v) is 29.6. The summed E-state index contributed by atoms with van der Waals surface area (Å²) in [5, 5.41) is 14.1. The molecule has 1 atom stereocenters. The fourth-order valence-electron chi connectivity index (χ4n) is 7.04. The molecule has 284 valence electrons. The number of alkyl halides is 3. The Hall–Kier alpha value is -6.29. The summed E-state index contributed by atoms with van der Waals surface area (Å²) in [6, 6.07) is 19.3. The largest absolute Gasteiger partial charge is 0.419 e. The fraction of sp³-hybridized carbons (Fsp3) is 0.282. The first-order valence-electron chi connectivity index (χ1n) is 17.7. The van der Waals surface area contributed by atoms with Gasteiger partial charge in [-0.15, -0.1) is 0 Å². The number of para-hydroxylation sites is 1. The van der Waals surface area contributed by atoms with Gasteiger partial charge in [-0.1, -0.05) is 24.3 Å². The predicted molar refractivity (Wildman–Crippen MR) is 197 cm³/mol. The molecule has 4 heterocycles. The molecule has 0 spiro atoms. The molecule has 16 heteroatoms. The van der Waals surface area contributed by atoms with Crippen LogP contribution in [-0.4, -0.2) is 71.6 Å². The van der Waals surface area contributed by atoms with Crippen molar-refractivity contribution in [2.45, 2.75) is 50.5 Å². The van der Waals surface area contributed by atoms with Crippen molar-refractivity contribution in [1.82, 2.24) is 25.8 Å². The van der Waals surface area contributed by atoms with Crippen LogP contribution in [0.1, 0.15) is 67.9 Å². The number of hydrogen-bond acceptors (Lipinski definition) is 10. The predicted octanol–water partition coefficient (Wildman–Crippen LogP) is 5.11. The van der Waals surface area contributed by atoms with E-state index in [1.807, 2.05) is 30.3 Å². The van der Waals surface area contributed by atoms with E-state index in [1.165, 1.54) is 25.2 Å². The van der Waals surface area contributed by atoms with Gasteiger partial charge in [0.05, 0.1) is 33.6 Å². The molecule has 3 aliphatic rings. The summed E-state index contributed by atoms with van der Waals surface area (Å²) in [4.78, 5) is 69.7. The normalized spacial score (nSPS) is 17.6.